The van der Waals surface area contributed by atoms with E-state index in [4.69, 9.17) is 0 Å². The summed E-state index contributed by atoms with van der Waals surface area (Å²) in [5.74, 6) is -0.0569. The van der Waals surface area contributed by atoms with Crippen LogP contribution < -0.4 is 5.32 Å². The van der Waals surface area contributed by atoms with Crippen LogP contribution >= 0.6 is 11.8 Å². The van der Waals surface area contributed by atoms with Crippen LogP contribution in [0, 0.1) is 20.8 Å². The molecule has 0 bridgehead atoms. The zero-order chi connectivity index (χ0) is 17.1. The molecule has 1 aromatic carbocycles. The second-order valence-corrected chi connectivity index (χ2v) is 7.08. The van der Waals surface area contributed by atoms with Gasteiger partial charge in [0.15, 0.2) is 5.16 Å². The van der Waals surface area contributed by atoms with E-state index in [1.54, 1.807) is 10.8 Å². The number of rotatable bonds is 5. The molecular weight excluding hydrogens is 310 g/mol. The molecule has 0 aliphatic carbocycles. The Hall–Kier alpha value is -1.79. The van der Waals surface area contributed by atoms with Crippen LogP contribution in [-0.2, 0) is 18.4 Å². The summed E-state index contributed by atoms with van der Waals surface area (Å²) in [6.07, 6.45) is 1.63. The van der Waals surface area contributed by atoms with E-state index >= 15 is 0 Å². The lowest BCUT2D eigenvalue weighted by Gasteiger charge is -2.16. The Morgan fingerprint density at radius 1 is 1.35 bits per heavy atom. The van der Waals surface area contributed by atoms with E-state index in [1.807, 2.05) is 34.7 Å². The number of anilines is 1. The highest BCUT2D eigenvalue weighted by Gasteiger charge is 2.19. The van der Waals surface area contributed by atoms with Crippen molar-refractivity contribution in [2.45, 2.75) is 44.7 Å². The molecule has 0 radical (unpaired) electrons. The zero-order valence-corrected chi connectivity index (χ0v) is 15.0. The Kier molecular flexibility index (Phi) is 5.49. The quantitative estimate of drug-likeness (QED) is 0.826. The molecule has 0 saturated heterocycles. The normalized spacial score (nSPS) is 12.3. The molecule has 1 unspecified atom stereocenters. The highest BCUT2D eigenvalue weighted by molar-refractivity contribution is 8.00. The summed E-state index contributed by atoms with van der Waals surface area (Å²) in [5.41, 5.74) is 4.92. The number of aliphatic hydroxyl groups excluding tert-OH is 1. The van der Waals surface area contributed by atoms with Gasteiger partial charge in [0, 0.05) is 12.7 Å². The van der Waals surface area contributed by atoms with Gasteiger partial charge in [0.05, 0.1) is 23.7 Å². The van der Waals surface area contributed by atoms with Crippen molar-refractivity contribution in [2.24, 2.45) is 7.05 Å². The highest BCUT2D eigenvalue weighted by atomic mass is 32.2. The number of hydrogen-bond acceptors (Lipinski definition) is 4. The number of amides is 1. The Bertz CT molecular complexity index is 702. The third-order valence-corrected chi connectivity index (χ3v) is 4.94. The largest absolute Gasteiger partial charge is 0.390 e. The summed E-state index contributed by atoms with van der Waals surface area (Å²) in [6, 6.07) is 4.12. The lowest BCUT2D eigenvalue weighted by Crippen LogP contribution is -2.24. The van der Waals surface area contributed by atoms with Crippen LogP contribution in [0.5, 0.6) is 0 Å². The fraction of sp³-hybridized carbons (Fsp3) is 0.412. The lowest BCUT2D eigenvalue weighted by molar-refractivity contribution is -0.115. The first-order valence-electron chi connectivity index (χ1n) is 7.50. The average Bonchev–Trinajstić information content (AvgIpc) is 2.83. The van der Waals surface area contributed by atoms with E-state index in [-0.39, 0.29) is 17.8 Å². The number of thioether (sulfide) groups is 1. The number of nitrogens with zero attached hydrogens (tertiary/aromatic N) is 2. The van der Waals surface area contributed by atoms with Crippen LogP contribution in [0.1, 0.15) is 29.3 Å². The number of carbonyl (C=O) groups excluding carboxylic acids is 1. The van der Waals surface area contributed by atoms with Crippen molar-refractivity contribution in [1.82, 2.24) is 9.55 Å². The van der Waals surface area contributed by atoms with Crippen LogP contribution in [0.4, 0.5) is 5.69 Å². The molecule has 0 fully saturated rings. The molecule has 6 heteroatoms. The molecular formula is C17H23N3O2S. The molecule has 0 spiro atoms. The van der Waals surface area contributed by atoms with Gasteiger partial charge in [0.25, 0.3) is 0 Å². The van der Waals surface area contributed by atoms with E-state index in [1.165, 1.54) is 17.3 Å². The molecule has 2 aromatic rings. The summed E-state index contributed by atoms with van der Waals surface area (Å²) < 4.78 is 1.80. The molecule has 2 rings (SSSR count). The number of aliphatic hydroxyl groups is 1. The molecule has 1 atom stereocenters. The van der Waals surface area contributed by atoms with Gasteiger partial charge >= 0.3 is 0 Å². The molecule has 1 aromatic heterocycles. The fourth-order valence-corrected chi connectivity index (χ4v) is 3.37. The summed E-state index contributed by atoms with van der Waals surface area (Å²) in [7, 11) is 1.83. The van der Waals surface area contributed by atoms with E-state index < -0.39 is 0 Å². The number of hydrogen-bond donors (Lipinski definition) is 2. The summed E-state index contributed by atoms with van der Waals surface area (Å²) in [4.78, 5) is 16.7. The van der Waals surface area contributed by atoms with Gasteiger partial charge in [-0.3, -0.25) is 4.79 Å². The van der Waals surface area contributed by atoms with E-state index in [2.05, 4.69) is 22.4 Å². The lowest BCUT2D eigenvalue weighted by atomic mass is 10.1. The second kappa shape index (κ2) is 7.19. The topological polar surface area (TPSA) is 67.2 Å². The van der Waals surface area contributed by atoms with Crippen molar-refractivity contribution in [3.8, 4) is 0 Å². The van der Waals surface area contributed by atoms with Gasteiger partial charge in [-0.2, -0.15) is 0 Å². The molecule has 124 valence electrons. The minimum Gasteiger partial charge on any atom is -0.390 e. The smallest absolute Gasteiger partial charge is 0.237 e. The van der Waals surface area contributed by atoms with Gasteiger partial charge < -0.3 is 15.0 Å². The maximum atomic E-state index is 12.5. The third-order valence-electron chi connectivity index (χ3n) is 3.78. The van der Waals surface area contributed by atoms with Crippen molar-refractivity contribution in [3.63, 3.8) is 0 Å². The Labute approximate surface area is 141 Å². The summed E-state index contributed by atoms with van der Waals surface area (Å²) >= 11 is 1.38. The van der Waals surface area contributed by atoms with Gasteiger partial charge in [0.1, 0.15) is 0 Å². The minimum atomic E-state index is -0.289. The highest BCUT2D eigenvalue weighted by Crippen LogP contribution is 2.26. The minimum absolute atomic E-state index is 0.0569. The first-order chi connectivity index (χ1) is 10.8. The SMILES string of the molecule is Cc1cc(C)c(NC(=O)C(C)Sc2ncc(CO)n2C)c(C)c1. The van der Waals surface area contributed by atoms with Crippen LogP contribution in [-0.4, -0.2) is 25.8 Å². The maximum absolute atomic E-state index is 12.5. The van der Waals surface area contributed by atoms with E-state index in [0.717, 1.165) is 22.5 Å². The predicted octanol–water partition coefficient (Wildman–Crippen LogP) is 2.96. The first-order valence-corrected chi connectivity index (χ1v) is 8.38. The molecule has 0 aliphatic rings. The zero-order valence-electron chi connectivity index (χ0n) is 14.2. The maximum Gasteiger partial charge on any atom is 0.237 e. The molecule has 5 nitrogen and oxygen atoms in total. The van der Waals surface area contributed by atoms with Gasteiger partial charge in [0.2, 0.25) is 5.91 Å². The van der Waals surface area contributed by atoms with Gasteiger partial charge in [-0.15, -0.1) is 0 Å². The molecule has 0 saturated carbocycles. The van der Waals surface area contributed by atoms with Crippen molar-refractivity contribution in [3.05, 3.63) is 40.7 Å². The number of imidazole rings is 1. The number of carbonyl (C=O) groups is 1. The first kappa shape index (κ1) is 17.6. The van der Waals surface area contributed by atoms with E-state index in [0.29, 0.717) is 5.16 Å². The Morgan fingerprint density at radius 3 is 2.48 bits per heavy atom. The van der Waals surface area contributed by atoms with Crippen molar-refractivity contribution in [2.75, 3.05) is 5.32 Å². The molecule has 1 heterocycles. The number of aryl methyl sites for hydroxylation is 3. The van der Waals surface area contributed by atoms with Crippen molar-refractivity contribution < 1.29 is 9.90 Å². The fourth-order valence-electron chi connectivity index (χ4n) is 2.50. The van der Waals surface area contributed by atoms with Gasteiger partial charge in [-0.25, -0.2) is 4.98 Å². The molecule has 0 aliphatic heterocycles. The van der Waals surface area contributed by atoms with Crippen LogP contribution in [0.2, 0.25) is 0 Å². The van der Waals surface area contributed by atoms with E-state index in [9.17, 15) is 9.90 Å². The van der Waals surface area contributed by atoms with Gasteiger partial charge in [-0.1, -0.05) is 29.5 Å². The number of nitrogens with one attached hydrogen (secondary N) is 1. The molecule has 1 amide bonds. The summed E-state index contributed by atoms with van der Waals surface area (Å²) in [5, 5.41) is 12.7. The number of benzene rings is 1. The van der Waals surface area contributed by atoms with Crippen LogP contribution in [0.3, 0.4) is 0 Å². The predicted molar refractivity (Wildman–Crippen MR) is 93.7 cm³/mol. The van der Waals surface area contributed by atoms with Crippen LogP contribution in [0.25, 0.3) is 0 Å². The van der Waals surface area contributed by atoms with Gasteiger partial charge in [-0.05, 0) is 38.8 Å². The Balaban J connectivity index is 2.10. The third kappa shape index (κ3) is 3.95. The monoisotopic (exact) mass is 333 g/mol. The average molecular weight is 333 g/mol. The second-order valence-electron chi connectivity index (χ2n) is 5.77. The standard InChI is InChI=1S/C17H23N3O2S/c1-10-6-11(2)15(12(3)7-10)19-16(22)13(4)23-17-18-8-14(9-21)20(17)5/h6-8,13,21H,9H2,1-5H3,(H,19,22). The van der Waals surface area contributed by atoms with Crippen LogP contribution in [0.15, 0.2) is 23.5 Å². The molecule has 2 N–H and O–H groups in total. The summed E-state index contributed by atoms with van der Waals surface area (Å²) in [6.45, 7) is 7.84. The Morgan fingerprint density at radius 2 is 1.96 bits per heavy atom. The molecule has 23 heavy (non-hydrogen) atoms. The van der Waals surface area contributed by atoms with Crippen molar-refractivity contribution in [1.29, 1.82) is 0 Å². The number of aromatic nitrogens is 2. The van der Waals surface area contributed by atoms with Crippen molar-refractivity contribution >= 4 is 23.4 Å².